The van der Waals surface area contributed by atoms with Gasteiger partial charge in [0.1, 0.15) is 0 Å². The molecule has 1 aliphatic heterocycles. The minimum atomic E-state index is 0.342. The van der Waals surface area contributed by atoms with Crippen molar-refractivity contribution in [1.29, 1.82) is 0 Å². The van der Waals surface area contributed by atoms with Gasteiger partial charge in [-0.25, -0.2) is 4.98 Å². The van der Waals surface area contributed by atoms with Crippen LogP contribution in [-0.2, 0) is 11.2 Å². The van der Waals surface area contributed by atoms with Crippen molar-refractivity contribution >= 4 is 16.5 Å². The predicted octanol–water partition coefficient (Wildman–Crippen LogP) is 2.99. The number of ether oxygens (including phenoxy) is 1. The Kier molecular flexibility index (Phi) is 4.26. The molecule has 0 saturated carbocycles. The highest BCUT2D eigenvalue weighted by Gasteiger charge is 2.35. The van der Waals surface area contributed by atoms with Gasteiger partial charge in [-0.15, -0.1) is 0 Å². The molecule has 1 aromatic heterocycles. The number of nitrogens with zero attached hydrogens (tertiary/aromatic N) is 2. The maximum atomic E-state index is 5.46. The average molecular weight is 309 g/mol. The van der Waals surface area contributed by atoms with Crippen molar-refractivity contribution in [2.75, 3.05) is 32.1 Å². The number of piperidine rings is 1. The Morgan fingerprint density at radius 1 is 1.33 bits per heavy atom. The predicted molar refractivity (Wildman–Crippen MR) is 88.3 cm³/mol. The average Bonchev–Trinajstić information content (AvgIpc) is 2.88. The van der Waals surface area contributed by atoms with Crippen molar-refractivity contribution < 1.29 is 4.74 Å². The summed E-state index contributed by atoms with van der Waals surface area (Å²) in [5.41, 5.74) is 1.66. The molecule has 3 rings (SSSR count). The molecule has 2 aliphatic rings. The normalized spacial score (nSPS) is 25.9. The Morgan fingerprint density at radius 2 is 2.05 bits per heavy atom. The van der Waals surface area contributed by atoms with Crippen LogP contribution in [0.2, 0.25) is 0 Å². The van der Waals surface area contributed by atoms with Gasteiger partial charge in [-0.3, -0.25) is 0 Å². The van der Waals surface area contributed by atoms with Crippen molar-refractivity contribution in [3.8, 4) is 0 Å². The summed E-state index contributed by atoms with van der Waals surface area (Å²) in [5.74, 6) is 0. The molecule has 118 valence electrons. The summed E-state index contributed by atoms with van der Waals surface area (Å²) in [4.78, 5) is 8.88. The van der Waals surface area contributed by atoms with Crippen LogP contribution in [0.5, 0.6) is 0 Å². The molecule has 4 nitrogen and oxygen atoms in total. The minimum absolute atomic E-state index is 0.342. The molecule has 0 amide bonds. The molecule has 0 bridgehead atoms. The maximum absolute atomic E-state index is 5.46. The van der Waals surface area contributed by atoms with Gasteiger partial charge in [0.15, 0.2) is 5.13 Å². The van der Waals surface area contributed by atoms with Crippen molar-refractivity contribution in [1.82, 2.24) is 10.3 Å². The van der Waals surface area contributed by atoms with Crippen LogP contribution in [0.3, 0.4) is 0 Å². The number of hydrogen-bond donors (Lipinski definition) is 1. The van der Waals surface area contributed by atoms with Crippen LogP contribution in [0.4, 0.5) is 5.13 Å². The van der Waals surface area contributed by atoms with Gasteiger partial charge in [0.05, 0.1) is 11.8 Å². The molecule has 1 aliphatic carbocycles. The first-order chi connectivity index (χ1) is 10.0. The smallest absolute Gasteiger partial charge is 0.185 e. The fraction of sp³-hybridized carbons (Fsp3) is 0.812. The summed E-state index contributed by atoms with van der Waals surface area (Å²) in [5, 5.41) is 4.70. The van der Waals surface area contributed by atoms with Crippen molar-refractivity contribution in [3.63, 3.8) is 0 Å². The molecule has 2 heterocycles. The van der Waals surface area contributed by atoms with E-state index in [0.717, 1.165) is 32.4 Å². The van der Waals surface area contributed by atoms with Crippen LogP contribution in [0.15, 0.2) is 0 Å². The fourth-order valence-corrected chi connectivity index (χ4v) is 4.81. The lowest BCUT2D eigenvalue weighted by atomic mass is 9.76. The van der Waals surface area contributed by atoms with E-state index in [-0.39, 0.29) is 0 Å². The van der Waals surface area contributed by atoms with Crippen LogP contribution in [-0.4, -0.2) is 38.3 Å². The highest BCUT2D eigenvalue weighted by atomic mass is 32.1. The van der Waals surface area contributed by atoms with E-state index in [0.29, 0.717) is 17.6 Å². The zero-order valence-corrected chi connectivity index (χ0v) is 14.4. The first-order valence-corrected chi connectivity index (χ1v) is 8.78. The van der Waals surface area contributed by atoms with Crippen molar-refractivity contribution in [3.05, 3.63) is 10.6 Å². The van der Waals surface area contributed by atoms with E-state index >= 15 is 0 Å². The van der Waals surface area contributed by atoms with E-state index in [4.69, 9.17) is 9.72 Å². The highest BCUT2D eigenvalue weighted by molar-refractivity contribution is 7.15. The van der Waals surface area contributed by atoms with E-state index in [1.165, 1.54) is 22.1 Å². The van der Waals surface area contributed by atoms with Crippen LogP contribution in [0.1, 0.15) is 49.7 Å². The third kappa shape index (κ3) is 3.10. The summed E-state index contributed by atoms with van der Waals surface area (Å²) in [6, 6.07) is 0.464. The lowest BCUT2D eigenvalue weighted by molar-refractivity contribution is 0.0819. The Hall–Kier alpha value is -0.650. The van der Waals surface area contributed by atoms with E-state index in [9.17, 15) is 0 Å². The number of fused-ring (bicyclic) bond motifs is 1. The number of thiazole rings is 1. The Balaban J connectivity index is 1.79. The fourth-order valence-electron chi connectivity index (χ4n) is 3.57. The van der Waals surface area contributed by atoms with Gasteiger partial charge in [-0.1, -0.05) is 25.2 Å². The summed E-state index contributed by atoms with van der Waals surface area (Å²) < 4.78 is 5.46. The monoisotopic (exact) mass is 309 g/mol. The first kappa shape index (κ1) is 15.3. The minimum Gasteiger partial charge on any atom is -0.381 e. The molecule has 1 fully saturated rings. The molecular weight excluding hydrogens is 282 g/mol. The van der Waals surface area contributed by atoms with Crippen LogP contribution < -0.4 is 10.2 Å². The number of aromatic nitrogens is 1. The van der Waals surface area contributed by atoms with Crippen molar-refractivity contribution in [2.45, 2.75) is 51.7 Å². The van der Waals surface area contributed by atoms with E-state index in [1.807, 2.05) is 18.4 Å². The molecule has 1 aromatic rings. The number of methoxy groups -OCH3 is 1. The molecule has 0 spiro atoms. The third-order valence-corrected chi connectivity index (χ3v) is 6.10. The molecule has 0 radical (unpaired) electrons. The largest absolute Gasteiger partial charge is 0.381 e. The van der Waals surface area contributed by atoms with Crippen molar-refractivity contribution in [2.24, 2.45) is 5.41 Å². The highest BCUT2D eigenvalue weighted by Crippen LogP contribution is 2.44. The van der Waals surface area contributed by atoms with Gasteiger partial charge in [0, 0.05) is 31.1 Å². The summed E-state index contributed by atoms with van der Waals surface area (Å²) in [6.07, 6.45) is 4.96. The Labute approximate surface area is 131 Å². The summed E-state index contributed by atoms with van der Waals surface area (Å²) >= 11 is 1.90. The number of nitrogens with one attached hydrogen (secondary N) is 1. The van der Waals surface area contributed by atoms with Gasteiger partial charge >= 0.3 is 0 Å². The Bertz CT molecular complexity index is 492. The van der Waals surface area contributed by atoms with Gasteiger partial charge in [0.2, 0.25) is 0 Å². The molecule has 1 N–H and O–H groups in total. The van der Waals surface area contributed by atoms with Crippen LogP contribution in [0.25, 0.3) is 0 Å². The van der Waals surface area contributed by atoms with Gasteiger partial charge in [0.25, 0.3) is 0 Å². The molecule has 21 heavy (non-hydrogen) atoms. The Morgan fingerprint density at radius 3 is 2.67 bits per heavy atom. The standard InChI is InChI=1S/C16H27N3OS/c1-16(2)9-12(17-3)14-13(10-16)18-15(21-14)19-7-5-11(20-4)6-8-19/h11-12,17H,5-10H2,1-4H3. The lowest BCUT2D eigenvalue weighted by Crippen LogP contribution is -2.36. The third-order valence-electron chi connectivity index (χ3n) is 4.83. The summed E-state index contributed by atoms with van der Waals surface area (Å²) in [7, 11) is 3.89. The summed E-state index contributed by atoms with van der Waals surface area (Å²) in [6.45, 7) is 6.84. The zero-order chi connectivity index (χ0) is 15.0. The molecule has 5 heteroatoms. The van der Waals surface area contributed by atoms with Gasteiger partial charge in [-0.2, -0.15) is 0 Å². The quantitative estimate of drug-likeness (QED) is 0.931. The second kappa shape index (κ2) is 5.86. The molecule has 0 aromatic carbocycles. The van der Waals surface area contributed by atoms with E-state index in [2.05, 4.69) is 31.1 Å². The number of rotatable bonds is 3. The van der Waals surface area contributed by atoms with E-state index < -0.39 is 0 Å². The molecular formula is C16H27N3OS. The SMILES string of the molecule is CNC1CC(C)(C)Cc2nc(N3CCC(OC)CC3)sc21. The first-order valence-electron chi connectivity index (χ1n) is 7.97. The molecule has 1 unspecified atom stereocenters. The lowest BCUT2D eigenvalue weighted by Gasteiger charge is -2.34. The maximum Gasteiger partial charge on any atom is 0.185 e. The van der Waals surface area contributed by atoms with Gasteiger partial charge in [-0.05, 0) is 38.1 Å². The van der Waals surface area contributed by atoms with Crippen LogP contribution in [0, 0.1) is 5.41 Å². The zero-order valence-electron chi connectivity index (χ0n) is 13.6. The van der Waals surface area contributed by atoms with Crippen LogP contribution >= 0.6 is 11.3 Å². The molecule has 1 atom stereocenters. The topological polar surface area (TPSA) is 37.4 Å². The number of hydrogen-bond acceptors (Lipinski definition) is 5. The number of anilines is 1. The van der Waals surface area contributed by atoms with Gasteiger partial charge < -0.3 is 15.0 Å². The molecule has 1 saturated heterocycles. The second-order valence-corrected chi connectivity index (χ2v) is 8.12. The van der Waals surface area contributed by atoms with E-state index in [1.54, 1.807) is 0 Å². The second-order valence-electron chi connectivity index (χ2n) is 7.12.